The third-order valence-corrected chi connectivity index (χ3v) is 2.52. The van der Waals surface area contributed by atoms with Crippen molar-refractivity contribution in [3.63, 3.8) is 0 Å². The van der Waals surface area contributed by atoms with Crippen LogP contribution < -0.4 is 16.0 Å². The van der Waals surface area contributed by atoms with Gasteiger partial charge in [0.05, 0.1) is 18.7 Å². The summed E-state index contributed by atoms with van der Waals surface area (Å²) in [6, 6.07) is 9.15. The second-order valence-corrected chi connectivity index (χ2v) is 3.98. The number of ether oxygens (including phenoxy) is 1. The molecule has 0 amide bonds. The lowest BCUT2D eigenvalue weighted by Crippen LogP contribution is -2.10. The number of nitriles is 1. The molecule has 1 aromatic carbocycles. The van der Waals surface area contributed by atoms with Gasteiger partial charge >= 0.3 is 0 Å². The number of hydrogen-bond acceptors (Lipinski definition) is 6. The SMILES string of the molecule is N#CCc1ccc(Oc2nc(NN)ncc2Cl)cc1. The number of rotatable bonds is 4. The Morgan fingerprint density at radius 2 is 2.11 bits per heavy atom. The highest BCUT2D eigenvalue weighted by Gasteiger charge is 2.07. The largest absolute Gasteiger partial charge is 0.437 e. The van der Waals surface area contributed by atoms with E-state index in [1.165, 1.54) is 6.20 Å². The lowest BCUT2D eigenvalue weighted by Gasteiger charge is -2.07. The zero-order valence-electron chi connectivity index (χ0n) is 9.80. The van der Waals surface area contributed by atoms with Gasteiger partial charge in [-0.25, -0.2) is 10.8 Å². The Hall–Kier alpha value is -2.36. The molecule has 0 fully saturated rings. The second kappa shape index (κ2) is 6.00. The molecule has 0 saturated heterocycles. The third-order valence-electron chi connectivity index (χ3n) is 2.26. The van der Waals surface area contributed by atoms with Crippen LogP contribution in [-0.4, -0.2) is 9.97 Å². The quantitative estimate of drug-likeness (QED) is 0.656. The van der Waals surface area contributed by atoms with Gasteiger partial charge in [-0.2, -0.15) is 10.2 Å². The molecular weight excluding hydrogens is 266 g/mol. The minimum atomic E-state index is 0.206. The number of hydrogen-bond donors (Lipinski definition) is 2. The Morgan fingerprint density at radius 3 is 2.74 bits per heavy atom. The molecule has 0 unspecified atom stereocenters. The van der Waals surface area contributed by atoms with Gasteiger partial charge in [0.25, 0.3) is 0 Å². The van der Waals surface area contributed by atoms with Crippen molar-refractivity contribution >= 4 is 17.5 Å². The van der Waals surface area contributed by atoms with Crippen LogP contribution in [0.3, 0.4) is 0 Å². The molecule has 1 aromatic heterocycles. The van der Waals surface area contributed by atoms with E-state index < -0.39 is 0 Å². The first-order valence-corrected chi connectivity index (χ1v) is 5.73. The molecule has 0 aliphatic carbocycles. The summed E-state index contributed by atoms with van der Waals surface area (Å²) in [5.74, 6) is 6.19. The van der Waals surface area contributed by atoms with Crippen LogP contribution in [0, 0.1) is 11.3 Å². The number of hydrazine groups is 1. The van der Waals surface area contributed by atoms with E-state index in [-0.39, 0.29) is 16.9 Å². The highest BCUT2D eigenvalue weighted by atomic mass is 35.5. The first kappa shape index (κ1) is 13.1. The van der Waals surface area contributed by atoms with E-state index in [1.807, 2.05) is 0 Å². The van der Waals surface area contributed by atoms with Gasteiger partial charge in [0.2, 0.25) is 11.8 Å². The third kappa shape index (κ3) is 3.31. The number of benzene rings is 1. The Balaban J connectivity index is 2.19. The van der Waals surface area contributed by atoms with Gasteiger partial charge in [0, 0.05) is 0 Å². The Kier molecular flexibility index (Phi) is 4.13. The molecule has 0 atom stereocenters. The van der Waals surface area contributed by atoms with Gasteiger partial charge in [-0.1, -0.05) is 23.7 Å². The molecule has 3 N–H and O–H groups in total. The van der Waals surface area contributed by atoms with Crippen molar-refractivity contribution in [2.45, 2.75) is 6.42 Å². The summed E-state index contributed by atoms with van der Waals surface area (Å²) in [6.07, 6.45) is 1.75. The smallest absolute Gasteiger partial charge is 0.243 e. The van der Waals surface area contributed by atoms with E-state index >= 15 is 0 Å². The number of nitrogens with one attached hydrogen (secondary N) is 1. The van der Waals surface area contributed by atoms with Crippen molar-refractivity contribution in [1.82, 2.24) is 9.97 Å². The van der Waals surface area contributed by atoms with Crippen LogP contribution in [0.4, 0.5) is 5.95 Å². The summed E-state index contributed by atoms with van der Waals surface area (Å²) in [5, 5.41) is 8.86. The molecule has 7 heteroatoms. The summed E-state index contributed by atoms with van der Waals surface area (Å²) >= 11 is 5.92. The molecule has 1 heterocycles. The summed E-state index contributed by atoms with van der Waals surface area (Å²) in [5.41, 5.74) is 3.22. The molecule has 0 aliphatic rings. The average molecular weight is 276 g/mol. The second-order valence-electron chi connectivity index (χ2n) is 3.57. The molecule has 0 radical (unpaired) electrons. The number of aromatic nitrogens is 2. The van der Waals surface area contributed by atoms with E-state index in [0.29, 0.717) is 12.2 Å². The van der Waals surface area contributed by atoms with E-state index in [1.54, 1.807) is 24.3 Å². The zero-order chi connectivity index (χ0) is 13.7. The van der Waals surface area contributed by atoms with Gasteiger partial charge in [0.1, 0.15) is 10.8 Å². The maximum absolute atomic E-state index is 8.58. The normalized spacial score (nSPS) is 9.74. The number of anilines is 1. The van der Waals surface area contributed by atoms with Crippen LogP contribution in [-0.2, 0) is 6.42 Å². The van der Waals surface area contributed by atoms with Crippen molar-refractivity contribution < 1.29 is 4.74 Å². The first-order valence-electron chi connectivity index (χ1n) is 5.36. The highest BCUT2D eigenvalue weighted by Crippen LogP contribution is 2.27. The molecule has 96 valence electrons. The summed E-state index contributed by atoms with van der Waals surface area (Å²) < 4.78 is 5.52. The van der Waals surface area contributed by atoms with Crippen molar-refractivity contribution in [2.75, 3.05) is 5.43 Å². The molecule has 0 spiro atoms. The van der Waals surface area contributed by atoms with Gasteiger partial charge in [-0.05, 0) is 17.7 Å². The number of nitrogen functional groups attached to an aromatic ring is 1. The minimum absolute atomic E-state index is 0.206. The van der Waals surface area contributed by atoms with Gasteiger partial charge in [0.15, 0.2) is 0 Å². The summed E-state index contributed by atoms with van der Waals surface area (Å²) in [7, 11) is 0. The summed E-state index contributed by atoms with van der Waals surface area (Å²) in [4.78, 5) is 7.83. The van der Waals surface area contributed by atoms with Crippen molar-refractivity contribution in [1.29, 1.82) is 5.26 Å². The lowest BCUT2D eigenvalue weighted by molar-refractivity contribution is 0.462. The molecule has 0 aliphatic heterocycles. The van der Waals surface area contributed by atoms with E-state index in [2.05, 4.69) is 21.5 Å². The molecule has 0 saturated carbocycles. The Morgan fingerprint density at radius 1 is 1.37 bits per heavy atom. The Labute approximate surface area is 114 Å². The fraction of sp³-hybridized carbons (Fsp3) is 0.0833. The first-order chi connectivity index (χ1) is 9.22. The molecule has 2 aromatic rings. The fourth-order valence-corrected chi connectivity index (χ4v) is 1.50. The number of halogens is 1. The van der Waals surface area contributed by atoms with Crippen LogP contribution in [0.5, 0.6) is 11.6 Å². The minimum Gasteiger partial charge on any atom is -0.437 e. The summed E-state index contributed by atoms with van der Waals surface area (Å²) in [6.45, 7) is 0. The standard InChI is InChI=1S/C12H10ClN5O/c13-10-7-16-12(18-15)17-11(10)19-9-3-1-8(2-4-9)5-6-14/h1-4,7H,5,15H2,(H,16,17,18). The fourth-order valence-electron chi connectivity index (χ4n) is 1.37. The average Bonchev–Trinajstić information content (AvgIpc) is 2.44. The van der Waals surface area contributed by atoms with Crippen LogP contribution in [0.2, 0.25) is 5.02 Å². The maximum Gasteiger partial charge on any atom is 0.243 e. The topological polar surface area (TPSA) is 96.8 Å². The van der Waals surface area contributed by atoms with Crippen LogP contribution >= 0.6 is 11.6 Å². The molecule has 19 heavy (non-hydrogen) atoms. The predicted molar refractivity (Wildman–Crippen MR) is 70.7 cm³/mol. The molecule has 2 rings (SSSR count). The van der Waals surface area contributed by atoms with Crippen molar-refractivity contribution in [3.8, 4) is 17.7 Å². The zero-order valence-corrected chi connectivity index (χ0v) is 10.6. The van der Waals surface area contributed by atoms with Crippen molar-refractivity contribution in [3.05, 3.63) is 41.0 Å². The van der Waals surface area contributed by atoms with E-state index in [9.17, 15) is 0 Å². The van der Waals surface area contributed by atoms with Gasteiger partial charge in [-0.15, -0.1) is 0 Å². The predicted octanol–water partition coefficient (Wildman–Crippen LogP) is 2.27. The molecular formula is C12H10ClN5O. The van der Waals surface area contributed by atoms with Crippen LogP contribution in [0.1, 0.15) is 5.56 Å². The lowest BCUT2D eigenvalue weighted by atomic mass is 10.2. The van der Waals surface area contributed by atoms with Gasteiger partial charge in [-0.3, -0.25) is 5.43 Å². The van der Waals surface area contributed by atoms with E-state index in [4.69, 9.17) is 27.4 Å². The number of nitrogens with zero attached hydrogens (tertiary/aromatic N) is 3. The monoisotopic (exact) mass is 275 g/mol. The molecule has 0 bridgehead atoms. The van der Waals surface area contributed by atoms with Gasteiger partial charge < -0.3 is 4.74 Å². The maximum atomic E-state index is 8.58. The van der Waals surface area contributed by atoms with E-state index in [0.717, 1.165) is 5.56 Å². The Bertz CT molecular complexity index is 609. The number of nitrogens with two attached hydrogens (primary N) is 1. The van der Waals surface area contributed by atoms with Crippen LogP contribution in [0.25, 0.3) is 0 Å². The van der Waals surface area contributed by atoms with Crippen molar-refractivity contribution in [2.24, 2.45) is 5.84 Å². The molecule has 6 nitrogen and oxygen atoms in total. The highest BCUT2D eigenvalue weighted by molar-refractivity contribution is 6.31. The van der Waals surface area contributed by atoms with Crippen LogP contribution in [0.15, 0.2) is 30.5 Å².